The second-order valence-corrected chi connectivity index (χ2v) is 7.72. The van der Waals surface area contributed by atoms with E-state index >= 15 is 0 Å². The number of sulfonamides is 1. The number of piperazine rings is 1. The number of morpholine rings is 1. The lowest BCUT2D eigenvalue weighted by Crippen LogP contribution is -2.48. The van der Waals surface area contributed by atoms with Gasteiger partial charge in [-0.2, -0.15) is 0 Å². The lowest BCUT2D eigenvalue weighted by molar-refractivity contribution is 0.0354. The normalized spacial score (nSPS) is 24.0. The van der Waals surface area contributed by atoms with Crippen LogP contribution in [0.3, 0.4) is 0 Å². The van der Waals surface area contributed by atoms with E-state index in [0.717, 1.165) is 59.0 Å². The van der Waals surface area contributed by atoms with Crippen molar-refractivity contribution in [1.82, 2.24) is 19.8 Å². The first-order chi connectivity index (χ1) is 10.1. The van der Waals surface area contributed by atoms with Crippen molar-refractivity contribution in [1.29, 1.82) is 0 Å². The van der Waals surface area contributed by atoms with Gasteiger partial charge in [0.15, 0.2) is 0 Å². The molecule has 0 saturated carbocycles. The molecular formula is C13H28N4O3S. The van der Waals surface area contributed by atoms with Gasteiger partial charge in [0, 0.05) is 58.4 Å². The molecule has 0 aromatic carbocycles. The molecule has 2 aliphatic rings. The van der Waals surface area contributed by atoms with Crippen LogP contribution in [0.25, 0.3) is 0 Å². The van der Waals surface area contributed by atoms with Gasteiger partial charge in [0.1, 0.15) is 0 Å². The minimum Gasteiger partial charge on any atom is -0.379 e. The van der Waals surface area contributed by atoms with E-state index in [1.54, 1.807) is 0 Å². The lowest BCUT2D eigenvalue weighted by Gasteiger charge is -2.30. The van der Waals surface area contributed by atoms with Crippen molar-refractivity contribution >= 4 is 10.0 Å². The Balaban J connectivity index is 1.68. The maximum Gasteiger partial charge on any atom is 0.213 e. The second-order valence-electron chi connectivity index (χ2n) is 5.84. The summed E-state index contributed by atoms with van der Waals surface area (Å²) < 4.78 is 32.3. The summed E-state index contributed by atoms with van der Waals surface area (Å²) in [6, 6.07) is -0.0591. The fourth-order valence-corrected chi connectivity index (χ4v) is 4.06. The van der Waals surface area contributed by atoms with Gasteiger partial charge in [-0.3, -0.25) is 9.80 Å². The monoisotopic (exact) mass is 320 g/mol. The van der Waals surface area contributed by atoms with Crippen molar-refractivity contribution in [3.63, 3.8) is 0 Å². The van der Waals surface area contributed by atoms with Gasteiger partial charge in [-0.25, -0.2) is 13.1 Å². The van der Waals surface area contributed by atoms with Crippen molar-refractivity contribution in [3.05, 3.63) is 0 Å². The van der Waals surface area contributed by atoms with Gasteiger partial charge in [0.05, 0.1) is 19.0 Å². The Morgan fingerprint density at radius 2 is 1.81 bits per heavy atom. The molecule has 0 aliphatic carbocycles. The van der Waals surface area contributed by atoms with Crippen molar-refractivity contribution in [3.8, 4) is 0 Å². The van der Waals surface area contributed by atoms with E-state index < -0.39 is 10.0 Å². The number of rotatable bonds is 7. The third-order valence-electron chi connectivity index (χ3n) is 3.90. The summed E-state index contributed by atoms with van der Waals surface area (Å²) in [7, 11) is -3.20. The van der Waals surface area contributed by atoms with E-state index in [1.165, 1.54) is 0 Å². The van der Waals surface area contributed by atoms with Gasteiger partial charge in [-0.15, -0.1) is 0 Å². The molecule has 2 N–H and O–H groups in total. The lowest BCUT2D eigenvalue weighted by atomic mass is 10.3. The molecule has 0 bridgehead atoms. The number of hydrogen-bond acceptors (Lipinski definition) is 6. The predicted octanol–water partition coefficient (Wildman–Crippen LogP) is -1.47. The highest BCUT2D eigenvalue weighted by Gasteiger charge is 2.20. The number of hydrogen-bond donors (Lipinski definition) is 2. The van der Waals surface area contributed by atoms with Crippen molar-refractivity contribution in [2.45, 2.75) is 13.0 Å². The number of ether oxygens (including phenoxy) is 1. The number of nitrogens with zero attached hydrogens (tertiary/aromatic N) is 2. The summed E-state index contributed by atoms with van der Waals surface area (Å²) in [6.45, 7) is 10.3. The van der Waals surface area contributed by atoms with Crippen LogP contribution in [0, 0.1) is 0 Å². The minimum atomic E-state index is -3.20. The van der Waals surface area contributed by atoms with Crippen LogP contribution in [0.1, 0.15) is 6.92 Å². The third kappa shape index (κ3) is 6.58. The molecule has 1 unspecified atom stereocenters. The van der Waals surface area contributed by atoms with Crippen LogP contribution in [0.2, 0.25) is 0 Å². The summed E-state index contributed by atoms with van der Waals surface area (Å²) in [5, 5.41) is 3.27. The van der Waals surface area contributed by atoms with Gasteiger partial charge < -0.3 is 10.1 Å². The predicted molar refractivity (Wildman–Crippen MR) is 83.0 cm³/mol. The molecule has 0 radical (unpaired) electrons. The Bertz CT molecular complexity index is 392. The Morgan fingerprint density at radius 1 is 1.14 bits per heavy atom. The third-order valence-corrected chi connectivity index (χ3v) is 5.38. The van der Waals surface area contributed by atoms with Crippen LogP contribution in [0.15, 0.2) is 0 Å². The van der Waals surface area contributed by atoms with E-state index in [2.05, 4.69) is 19.8 Å². The second kappa shape index (κ2) is 8.40. The Hall–Kier alpha value is -0.250. The highest BCUT2D eigenvalue weighted by Crippen LogP contribution is 2.00. The van der Waals surface area contributed by atoms with E-state index in [0.29, 0.717) is 6.54 Å². The average molecular weight is 320 g/mol. The molecule has 1 atom stereocenters. The number of nitrogens with one attached hydrogen (secondary N) is 2. The molecule has 8 heteroatoms. The maximum absolute atomic E-state index is 12.1. The Labute approximate surface area is 128 Å². The van der Waals surface area contributed by atoms with Crippen molar-refractivity contribution < 1.29 is 13.2 Å². The smallest absolute Gasteiger partial charge is 0.213 e. The zero-order valence-corrected chi connectivity index (χ0v) is 13.7. The molecule has 2 fully saturated rings. The van der Waals surface area contributed by atoms with Gasteiger partial charge in [0.25, 0.3) is 0 Å². The Kier molecular flexibility index (Phi) is 6.84. The fourth-order valence-electron chi connectivity index (χ4n) is 2.76. The summed E-state index contributed by atoms with van der Waals surface area (Å²) >= 11 is 0. The van der Waals surface area contributed by atoms with Crippen LogP contribution in [0.4, 0.5) is 0 Å². The summed E-state index contributed by atoms with van der Waals surface area (Å²) in [4.78, 5) is 4.44. The molecule has 0 amide bonds. The molecular weight excluding hydrogens is 292 g/mol. The summed E-state index contributed by atoms with van der Waals surface area (Å²) in [5.74, 6) is 0.181. The van der Waals surface area contributed by atoms with E-state index in [9.17, 15) is 8.42 Å². The molecule has 2 heterocycles. The average Bonchev–Trinajstić information content (AvgIpc) is 2.47. The fraction of sp³-hybridized carbons (Fsp3) is 1.00. The standard InChI is InChI=1S/C13H28N4O3S/c1-13(12-17-6-9-20-10-7-17)15-21(18,19)11-8-16-4-2-14-3-5-16/h13-15H,2-12H2,1H3. The van der Waals surface area contributed by atoms with E-state index in [1.807, 2.05) is 6.92 Å². The van der Waals surface area contributed by atoms with Gasteiger partial charge >= 0.3 is 0 Å². The zero-order chi connectivity index (χ0) is 15.1. The van der Waals surface area contributed by atoms with Crippen LogP contribution < -0.4 is 10.0 Å². The van der Waals surface area contributed by atoms with Gasteiger partial charge in [0.2, 0.25) is 10.0 Å². The SMILES string of the molecule is CC(CN1CCOCC1)NS(=O)(=O)CCN1CCNCC1. The highest BCUT2D eigenvalue weighted by molar-refractivity contribution is 7.89. The maximum atomic E-state index is 12.1. The largest absolute Gasteiger partial charge is 0.379 e. The van der Waals surface area contributed by atoms with Crippen molar-refractivity contribution in [2.24, 2.45) is 0 Å². The quantitative estimate of drug-likeness (QED) is 0.597. The summed E-state index contributed by atoms with van der Waals surface area (Å²) in [5.41, 5.74) is 0. The highest BCUT2D eigenvalue weighted by atomic mass is 32.2. The molecule has 0 aromatic heterocycles. The first-order valence-corrected chi connectivity index (χ1v) is 9.43. The topological polar surface area (TPSA) is 73.9 Å². The van der Waals surface area contributed by atoms with E-state index in [-0.39, 0.29) is 11.8 Å². The van der Waals surface area contributed by atoms with Crippen molar-refractivity contribution in [2.75, 3.05) is 71.3 Å². The first kappa shape index (κ1) is 17.1. The van der Waals surface area contributed by atoms with E-state index in [4.69, 9.17) is 4.74 Å². The molecule has 2 saturated heterocycles. The first-order valence-electron chi connectivity index (χ1n) is 7.78. The molecule has 21 heavy (non-hydrogen) atoms. The zero-order valence-electron chi connectivity index (χ0n) is 12.9. The van der Waals surface area contributed by atoms with Crippen LogP contribution in [-0.4, -0.2) is 95.6 Å². The molecule has 2 aliphatic heterocycles. The van der Waals surface area contributed by atoms with Crippen LogP contribution in [-0.2, 0) is 14.8 Å². The van der Waals surface area contributed by atoms with Crippen LogP contribution in [0.5, 0.6) is 0 Å². The summed E-state index contributed by atoms with van der Waals surface area (Å²) in [6.07, 6.45) is 0. The van der Waals surface area contributed by atoms with Gasteiger partial charge in [-0.1, -0.05) is 0 Å². The van der Waals surface area contributed by atoms with Gasteiger partial charge in [-0.05, 0) is 6.92 Å². The molecule has 0 spiro atoms. The molecule has 124 valence electrons. The molecule has 0 aromatic rings. The minimum absolute atomic E-state index is 0.0591. The molecule has 2 rings (SSSR count). The molecule has 7 nitrogen and oxygen atoms in total. The van der Waals surface area contributed by atoms with Crippen LogP contribution >= 0.6 is 0 Å². The Morgan fingerprint density at radius 3 is 2.48 bits per heavy atom.